The Labute approximate surface area is 163 Å². The smallest absolute Gasteiger partial charge is 0.311 e. The van der Waals surface area contributed by atoms with Gasteiger partial charge in [0.25, 0.3) is 0 Å². The Bertz CT molecular complexity index is 881. The molecule has 0 spiro atoms. The van der Waals surface area contributed by atoms with E-state index >= 15 is 0 Å². The van der Waals surface area contributed by atoms with Gasteiger partial charge in [0.1, 0.15) is 12.4 Å². The molecule has 29 heavy (non-hydrogen) atoms. The SMILES string of the molecule is CC(C)c1ccc(OC(=O)CCC(=O)OCc2c(F)c(F)c(F)c(F)c2F)cc1. The van der Waals surface area contributed by atoms with Crippen molar-refractivity contribution in [2.24, 2.45) is 0 Å². The van der Waals surface area contributed by atoms with E-state index in [1.165, 1.54) is 0 Å². The highest BCUT2D eigenvalue weighted by Crippen LogP contribution is 2.24. The number of esters is 2. The van der Waals surface area contributed by atoms with Gasteiger partial charge in [-0.15, -0.1) is 0 Å². The fourth-order valence-electron chi connectivity index (χ4n) is 2.31. The number of halogens is 5. The molecule has 0 radical (unpaired) electrons. The maximum Gasteiger partial charge on any atom is 0.311 e. The standard InChI is InChI=1S/C20H17F5O4/c1-10(2)11-3-5-12(6-4-11)29-15(27)8-7-14(26)28-9-13-16(21)18(23)20(25)19(24)17(13)22/h3-6,10H,7-9H2,1-2H3. The normalized spacial score (nSPS) is 10.9. The zero-order valence-corrected chi connectivity index (χ0v) is 15.5. The van der Waals surface area contributed by atoms with Gasteiger partial charge in [0, 0.05) is 0 Å². The molecule has 0 aromatic heterocycles. The zero-order chi connectivity index (χ0) is 21.7. The summed E-state index contributed by atoms with van der Waals surface area (Å²) in [7, 11) is 0. The van der Waals surface area contributed by atoms with Crippen LogP contribution in [0.4, 0.5) is 22.0 Å². The highest BCUT2D eigenvalue weighted by molar-refractivity contribution is 5.79. The van der Waals surface area contributed by atoms with Crippen molar-refractivity contribution in [1.82, 2.24) is 0 Å². The van der Waals surface area contributed by atoms with Crippen LogP contribution in [0, 0.1) is 29.1 Å². The molecule has 2 aromatic carbocycles. The Morgan fingerprint density at radius 2 is 1.28 bits per heavy atom. The van der Waals surface area contributed by atoms with Crippen molar-refractivity contribution in [3.8, 4) is 5.75 Å². The summed E-state index contributed by atoms with van der Waals surface area (Å²) in [4.78, 5) is 23.4. The minimum atomic E-state index is -2.31. The minimum Gasteiger partial charge on any atom is -0.461 e. The van der Waals surface area contributed by atoms with E-state index < -0.39 is 66.0 Å². The molecule has 9 heteroatoms. The molecule has 0 amide bonds. The molecule has 4 nitrogen and oxygen atoms in total. The molecule has 0 aliphatic rings. The summed E-state index contributed by atoms with van der Waals surface area (Å²) >= 11 is 0. The van der Waals surface area contributed by atoms with Gasteiger partial charge in [-0.2, -0.15) is 0 Å². The summed E-state index contributed by atoms with van der Waals surface area (Å²) in [6, 6.07) is 6.75. The van der Waals surface area contributed by atoms with E-state index in [1.807, 2.05) is 13.8 Å². The van der Waals surface area contributed by atoms with Gasteiger partial charge in [0.15, 0.2) is 23.3 Å². The number of rotatable bonds is 7. The minimum absolute atomic E-state index is 0.272. The summed E-state index contributed by atoms with van der Waals surface area (Å²) < 4.78 is 75.7. The number of benzene rings is 2. The quantitative estimate of drug-likeness (QED) is 0.211. The Hall–Kier alpha value is -2.97. The number of hydrogen-bond donors (Lipinski definition) is 0. The third-order valence-electron chi connectivity index (χ3n) is 3.99. The monoisotopic (exact) mass is 416 g/mol. The van der Waals surface area contributed by atoms with Crippen molar-refractivity contribution < 1.29 is 41.0 Å². The van der Waals surface area contributed by atoms with E-state index in [0.717, 1.165) is 5.56 Å². The van der Waals surface area contributed by atoms with Gasteiger partial charge >= 0.3 is 11.9 Å². The molecule has 0 N–H and O–H groups in total. The van der Waals surface area contributed by atoms with Crippen molar-refractivity contribution in [2.75, 3.05) is 0 Å². The Balaban J connectivity index is 1.87. The molecule has 2 aromatic rings. The summed E-state index contributed by atoms with van der Waals surface area (Å²) in [6.07, 6.45) is -0.903. The topological polar surface area (TPSA) is 52.6 Å². The lowest BCUT2D eigenvalue weighted by molar-refractivity contribution is -0.148. The lowest BCUT2D eigenvalue weighted by Crippen LogP contribution is -2.14. The van der Waals surface area contributed by atoms with Crippen molar-refractivity contribution in [1.29, 1.82) is 0 Å². The summed E-state index contributed by atoms with van der Waals surface area (Å²) in [5.74, 6) is -12.0. The van der Waals surface area contributed by atoms with E-state index in [0.29, 0.717) is 5.92 Å². The number of carbonyl (C=O) groups excluding carboxylic acids is 2. The van der Waals surface area contributed by atoms with E-state index in [9.17, 15) is 31.5 Å². The molecule has 0 aliphatic carbocycles. The Morgan fingerprint density at radius 1 is 0.793 bits per heavy atom. The van der Waals surface area contributed by atoms with Gasteiger partial charge in [-0.3, -0.25) is 9.59 Å². The Morgan fingerprint density at radius 3 is 1.79 bits per heavy atom. The van der Waals surface area contributed by atoms with Crippen LogP contribution < -0.4 is 4.74 Å². The maximum absolute atomic E-state index is 13.5. The molecule has 0 heterocycles. The van der Waals surface area contributed by atoms with Gasteiger partial charge in [-0.25, -0.2) is 22.0 Å². The first kappa shape index (κ1) is 22.3. The van der Waals surface area contributed by atoms with Gasteiger partial charge in [-0.05, 0) is 23.6 Å². The average molecular weight is 416 g/mol. The maximum atomic E-state index is 13.5. The van der Waals surface area contributed by atoms with Crippen molar-refractivity contribution in [3.63, 3.8) is 0 Å². The Kier molecular flexibility index (Phi) is 7.30. The molecule has 0 fully saturated rings. The van der Waals surface area contributed by atoms with Crippen LogP contribution in [0.5, 0.6) is 5.75 Å². The van der Waals surface area contributed by atoms with Crippen molar-refractivity contribution in [2.45, 2.75) is 39.2 Å². The summed E-state index contributed by atoms with van der Waals surface area (Å²) in [5, 5.41) is 0. The first-order valence-corrected chi connectivity index (χ1v) is 8.58. The lowest BCUT2D eigenvalue weighted by atomic mass is 10.0. The third kappa shape index (κ3) is 5.52. The predicted molar refractivity (Wildman–Crippen MR) is 91.4 cm³/mol. The number of ether oxygens (including phenoxy) is 2. The average Bonchev–Trinajstić information content (AvgIpc) is 2.69. The molecule has 156 valence electrons. The van der Waals surface area contributed by atoms with Crippen LogP contribution in [0.25, 0.3) is 0 Å². The molecule has 0 aliphatic heterocycles. The second-order valence-corrected chi connectivity index (χ2v) is 6.41. The van der Waals surface area contributed by atoms with Crippen LogP contribution in [0.1, 0.15) is 43.7 Å². The highest BCUT2D eigenvalue weighted by Gasteiger charge is 2.26. The second kappa shape index (κ2) is 9.49. The van der Waals surface area contributed by atoms with Gasteiger partial charge in [0.05, 0.1) is 18.4 Å². The second-order valence-electron chi connectivity index (χ2n) is 6.41. The van der Waals surface area contributed by atoms with E-state index in [1.54, 1.807) is 24.3 Å². The number of hydrogen-bond acceptors (Lipinski definition) is 4. The summed E-state index contributed by atoms with van der Waals surface area (Å²) in [6.45, 7) is 2.83. The van der Waals surface area contributed by atoms with Crippen LogP contribution in [0.3, 0.4) is 0 Å². The molecule has 0 unspecified atom stereocenters. The first-order chi connectivity index (χ1) is 13.6. The van der Waals surface area contributed by atoms with E-state index in [-0.39, 0.29) is 5.75 Å². The molecule has 2 rings (SSSR count). The first-order valence-electron chi connectivity index (χ1n) is 8.58. The molecular formula is C20H17F5O4. The fraction of sp³-hybridized carbons (Fsp3) is 0.300. The van der Waals surface area contributed by atoms with E-state index in [2.05, 4.69) is 4.74 Å². The predicted octanol–water partition coefficient (Wildman–Crippen LogP) is 4.93. The lowest BCUT2D eigenvalue weighted by Gasteiger charge is -2.09. The van der Waals surface area contributed by atoms with Gasteiger partial charge in [-0.1, -0.05) is 26.0 Å². The van der Waals surface area contributed by atoms with Crippen LogP contribution in [0.15, 0.2) is 24.3 Å². The van der Waals surface area contributed by atoms with Crippen LogP contribution in [-0.4, -0.2) is 11.9 Å². The molecule has 0 bridgehead atoms. The summed E-state index contributed by atoms with van der Waals surface area (Å²) in [5.41, 5.74) is -0.232. The van der Waals surface area contributed by atoms with E-state index in [4.69, 9.17) is 4.74 Å². The van der Waals surface area contributed by atoms with Gasteiger partial charge in [0.2, 0.25) is 5.82 Å². The third-order valence-corrected chi connectivity index (χ3v) is 3.99. The highest BCUT2D eigenvalue weighted by atomic mass is 19.2. The molecule has 0 atom stereocenters. The molecule has 0 saturated heterocycles. The fourth-order valence-corrected chi connectivity index (χ4v) is 2.31. The van der Waals surface area contributed by atoms with Crippen LogP contribution >= 0.6 is 0 Å². The molecule has 0 saturated carbocycles. The van der Waals surface area contributed by atoms with Crippen molar-refractivity contribution >= 4 is 11.9 Å². The number of carbonyl (C=O) groups is 2. The van der Waals surface area contributed by atoms with Crippen molar-refractivity contribution in [3.05, 3.63) is 64.5 Å². The molecular weight excluding hydrogens is 399 g/mol. The van der Waals surface area contributed by atoms with Gasteiger partial charge < -0.3 is 9.47 Å². The van der Waals surface area contributed by atoms with Crippen LogP contribution in [0.2, 0.25) is 0 Å². The largest absolute Gasteiger partial charge is 0.461 e. The van der Waals surface area contributed by atoms with Crippen LogP contribution in [-0.2, 0) is 20.9 Å². The zero-order valence-electron chi connectivity index (χ0n) is 15.5.